The quantitative estimate of drug-likeness (QED) is 0.0656. The number of esters is 1. The van der Waals surface area contributed by atoms with Gasteiger partial charge in [0.2, 0.25) is 6.29 Å². The molecule has 3 heterocycles. The Morgan fingerprint density at radius 1 is 0.701 bits per heavy atom. The van der Waals surface area contributed by atoms with Crippen molar-refractivity contribution in [2.75, 3.05) is 26.4 Å². The molecule has 384 valence electrons. The summed E-state index contributed by atoms with van der Waals surface area (Å²) in [5.41, 5.74) is -4.33. The first-order valence-electron chi connectivity index (χ1n) is 24.1. The van der Waals surface area contributed by atoms with Crippen molar-refractivity contribution in [3.63, 3.8) is 0 Å². The molecule has 0 unspecified atom stereocenters. The summed E-state index contributed by atoms with van der Waals surface area (Å²) >= 11 is 0. The Morgan fingerprint density at radius 2 is 1.34 bits per heavy atom. The number of hydrogen-bond donors (Lipinski definition) is 13. The summed E-state index contributed by atoms with van der Waals surface area (Å²) in [5, 5.41) is 142. The molecule has 0 aromatic rings. The van der Waals surface area contributed by atoms with Crippen LogP contribution in [0.15, 0.2) is 11.6 Å². The molecule has 3 aliphatic heterocycles. The Hall–Kier alpha value is -1.51. The molecule has 8 aliphatic rings. The zero-order valence-electron chi connectivity index (χ0n) is 39.3. The predicted molar refractivity (Wildman–Crippen MR) is 228 cm³/mol. The maximum atomic E-state index is 15.1. The Morgan fingerprint density at radius 3 is 1.99 bits per heavy atom. The van der Waals surface area contributed by atoms with Crippen LogP contribution in [0.1, 0.15) is 92.9 Å². The summed E-state index contributed by atoms with van der Waals surface area (Å²) in [6, 6.07) is 0. The fourth-order valence-corrected chi connectivity index (χ4v) is 15.0. The first kappa shape index (κ1) is 51.8. The van der Waals surface area contributed by atoms with Crippen molar-refractivity contribution in [1.82, 2.24) is 0 Å². The van der Waals surface area contributed by atoms with Crippen molar-refractivity contribution in [3.05, 3.63) is 11.6 Å². The molecular weight excluding hydrogens is 884 g/mol. The van der Waals surface area contributed by atoms with E-state index >= 15 is 4.79 Å². The first-order chi connectivity index (χ1) is 31.3. The van der Waals surface area contributed by atoms with E-state index in [1.54, 1.807) is 0 Å². The number of aliphatic hydroxyl groups is 13. The second-order valence-electron chi connectivity index (χ2n) is 23.0. The van der Waals surface area contributed by atoms with Gasteiger partial charge in [0.15, 0.2) is 18.7 Å². The van der Waals surface area contributed by atoms with Gasteiger partial charge < -0.3 is 94.8 Å². The highest BCUT2D eigenvalue weighted by molar-refractivity contribution is 5.80. The normalized spacial score (nSPS) is 53.8. The average molecular weight is 961 g/mol. The third-order valence-corrected chi connectivity index (χ3v) is 19.1. The number of carbonyl (C=O) groups excluding carboxylic acids is 1. The number of fused-ring (bicyclic) bond motifs is 7. The molecule has 4 saturated carbocycles. The minimum Gasteiger partial charge on any atom is -0.432 e. The summed E-state index contributed by atoms with van der Waals surface area (Å²) in [6.07, 6.45) is -20.7. The van der Waals surface area contributed by atoms with Crippen LogP contribution >= 0.6 is 0 Å². The van der Waals surface area contributed by atoms with Gasteiger partial charge in [0, 0.05) is 5.41 Å². The lowest BCUT2D eigenvalue weighted by molar-refractivity contribution is -0.351. The number of rotatable bonds is 9. The van der Waals surface area contributed by atoms with Crippen molar-refractivity contribution >= 4 is 5.97 Å². The molecule has 67 heavy (non-hydrogen) atoms. The fourth-order valence-electron chi connectivity index (χ4n) is 15.0. The van der Waals surface area contributed by atoms with E-state index in [4.69, 9.17) is 28.4 Å². The molecule has 7 fully saturated rings. The highest BCUT2D eigenvalue weighted by atomic mass is 16.8. The van der Waals surface area contributed by atoms with Gasteiger partial charge in [0.1, 0.15) is 60.4 Å². The van der Waals surface area contributed by atoms with Gasteiger partial charge in [-0.3, -0.25) is 4.79 Å². The standard InChI is InChI=1S/C47H76O20/c1-20-29(54)32(57)34(59)38(63-20)65-36-30(55)24(52)17-62-40(36)67-41(61)47-12-11-42(2,3)13-22(47)21-7-8-26-43(4)14-23(51)37(66-39-35(60)33(58)31(56)25(16-48)64-39)46(18-49,19-50)27(43)9-10-44(26,5)45(21,6)15-28(47)53/h7,20,22-40,48-60H,8-19H2,1-6H3/t20-,22+,23-,24-,25+,26+,27-,28+,29-,30-,31+,32+,33-,34+,35+,36+,37-,38-,39-,40-,43+,44+,45+,47+/m0/s1. The lowest BCUT2D eigenvalue weighted by Crippen LogP contribution is -2.71. The smallest absolute Gasteiger partial charge is 0.317 e. The number of aliphatic hydroxyl groups excluding tert-OH is 13. The van der Waals surface area contributed by atoms with Crippen LogP contribution in [0.3, 0.4) is 0 Å². The molecule has 0 radical (unpaired) electrons. The first-order valence-corrected chi connectivity index (χ1v) is 24.1. The molecule has 20 nitrogen and oxygen atoms in total. The van der Waals surface area contributed by atoms with Crippen molar-refractivity contribution in [2.45, 2.75) is 197 Å². The fraction of sp³-hybridized carbons (Fsp3) is 0.936. The summed E-state index contributed by atoms with van der Waals surface area (Å²) < 4.78 is 35.4. The van der Waals surface area contributed by atoms with E-state index < -0.39 is 176 Å². The van der Waals surface area contributed by atoms with Crippen LogP contribution in [0.5, 0.6) is 0 Å². The number of allylic oxidation sites excluding steroid dienone is 2. The lowest BCUT2D eigenvalue weighted by Gasteiger charge is -2.72. The van der Waals surface area contributed by atoms with Crippen LogP contribution in [0.25, 0.3) is 0 Å². The van der Waals surface area contributed by atoms with Gasteiger partial charge in [-0.25, -0.2) is 0 Å². The average Bonchev–Trinajstić information content (AvgIpc) is 3.27. The van der Waals surface area contributed by atoms with Crippen molar-refractivity contribution < 1.29 is 99.6 Å². The molecule has 0 spiro atoms. The highest BCUT2D eigenvalue weighted by Crippen LogP contribution is 2.76. The Balaban J connectivity index is 1.10. The van der Waals surface area contributed by atoms with Gasteiger partial charge in [-0.05, 0) is 97.7 Å². The van der Waals surface area contributed by atoms with Gasteiger partial charge in [0.25, 0.3) is 0 Å². The Bertz CT molecular complexity index is 1830. The van der Waals surface area contributed by atoms with Gasteiger partial charge in [0.05, 0.1) is 50.8 Å². The molecule has 13 N–H and O–H groups in total. The second kappa shape index (κ2) is 18.2. The van der Waals surface area contributed by atoms with E-state index in [1.807, 2.05) is 0 Å². The number of carbonyl (C=O) groups is 1. The molecule has 8 rings (SSSR count). The maximum absolute atomic E-state index is 15.1. The van der Waals surface area contributed by atoms with Gasteiger partial charge in [-0.2, -0.15) is 0 Å². The molecule has 5 aliphatic carbocycles. The third-order valence-electron chi connectivity index (χ3n) is 19.1. The van der Waals surface area contributed by atoms with E-state index in [0.717, 1.165) is 5.57 Å². The van der Waals surface area contributed by atoms with Crippen LogP contribution in [-0.2, 0) is 33.2 Å². The minimum absolute atomic E-state index is 0.141. The molecule has 0 bridgehead atoms. The van der Waals surface area contributed by atoms with Crippen LogP contribution in [0.4, 0.5) is 0 Å². The third kappa shape index (κ3) is 7.82. The molecular formula is C47H76O20. The number of ether oxygens (including phenoxy) is 6. The molecule has 20 heteroatoms. The summed E-state index contributed by atoms with van der Waals surface area (Å²) in [7, 11) is 0. The Kier molecular flexibility index (Phi) is 14.1. The van der Waals surface area contributed by atoms with Crippen molar-refractivity contribution in [2.24, 2.45) is 50.2 Å². The molecule has 3 saturated heterocycles. The largest absolute Gasteiger partial charge is 0.432 e. The Labute approximate surface area is 390 Å². The highest BCUT2D eigenvalue weighted by Gasteiger charge is 2.73. The SMILES string of the molecule is C[C@@H]1O[C@@H](O[C@H]2[C@H](OC(=O)[C@]34CCC(C)(C)C[C@@H]3C3=CC[C@@H]5[C@@]6(C)C[C@H](O)[C@H](O[C@@H]7O[C@H](CO)[C@@H](O)[C@H](O)[C@H]7O)C(CO)(CO)[C@H]6CC[C@@]5(C)[C@]3(C)C[C@H]4O)OC[C@H](O)[C@@H]2O)[C@H](O)[C@H](O)[C@H]1O. The molecule has 24 atom stereocenters. The zero-order valence-corrected chi connectivity index (χ0v) is 39.3. The summed E-state index contributed by atoms with van der Waals surface area (Å²) in [5.74, 6) is -1.99. The summed E-state index contributed by atoms with van der Waals surface area (Å²) in [6.45, 7) is 9.66. The van der Waals surface area contributed by atoms with Crippen LogP contribution in [0.2, 0.25) is 0 Å². The molecule has 0 amide bonds. The summed E-state index contributed by atoms with van der Waals surface area (Å²) in [4.78, 5) is 15.1. The second-order valence-corrected chi connectivity index (χ2v) is 23.0. The minimum atomic E-state index is -1.78. The van der Waals surface area contributed by atoms with E-state index in [0.29, 0.717) is 32.1 Å². The van der Waals surface area contributed by atoms with Gasteiger partial charge in [-0.1, -0.05) is 46.3 Å². The lowest BCUT2D eigenvalue weighted by atomic mass is 9.33. The van der Waals surface area contributed by atoms with Crippen LogP contribution in [-0.4, -0.2) is 203 Å². The van der Waals surface area contributed by atoms with Crippen molar-refractivity contribution in [3.8, 4) is 0 Å². The maximum Gasteiger partial charge on any atom is 0.317 e. The van der Waals surface area contributed by atoms with Crippen LogP contribution < -0.4 is 0 Å². The monoisotopic (exact) mass is 960 g/mol. The van der Waals surface area contributed by atoms with E-state index in [9.17, 15) is 66.4 Å². The molecule has 0 aromatic heterocycles. The predicted octanol–water partition coefficient (Wildman–Crippen LogP) is -2.31. The number of hydrogen-bond acceptors (Lipinski definition) is 20. The van der Waals surface area contributed by atoms with Gasteiger partial charge >= 0.3 is 5.97 Å². The topological polar surface area (TPSA) is 335 Å². The van der Waals surface area contributed by atoms with Gasteiger partial charge in [-0.15, -0.1) is 0 Å². The van der Waals surface area contributed by atoms with Crippen molar-refractivity contribution in [1.29, 1.82) is 0 Å². The zero-order chi connectivity index (χ0) is 49.1. The van der Waals surface area contributed by atoms with E-state index in [2.05, 4.69) is 40.7 Å². The van der Waals surface area contributed by atoms with E-state index in [1.165, 1.54) is 6.92 Å². The molecule has 0 aromatic carbocycles. The van der Waals surface area contributed by atoms with E-state index in [-0.39, 0.29) is 30.6 Å². The van der Waals surface area contributed by atoms with Crippen LogP contribution in [0, 0.1) is 50.2 Å².